The molecular formula is C12H16N2O6. The Labute approximate surface area is 114 Å². The van der Waals surface area contributed by atoms with E-state index in [2.05, 4.69) is 5.32 Å². The van der Waals surface area contributed by atoms with Gasteiger partial charge < -0.3 is 31.1 Å². The molecule has 8 heteroatoms. The number of carboxylic acid groups (broad SMARTS) is 1. The first kappa shape index (κ1) is 15.7. The smallest absolute Gasteiger partial charge is 0.300 e. The van der Waals surface area contributed by atoms with Crippen molar-refractivity contribution in [1.82, 2.24) is 0 Å². The Kier molecular flexibility index (Phi) is 5.30. The number of nitrogens with one attached hydrogen (secondary N) is 1. The van der Waals surface area contributed by atoms with Gasteiger partial charge in [0.05, 0.1) is 6.10 Å². The van der Waals surface area contributed by atoms with E-state index in [0.29, 0.717) is 5.56 Å². The Morgan fingerprint density at radius 2 is 2.15 bits per heavy atom. The average molecular weight is 284 g/mol. The van der Waals surface area contributed by atoms with Crippen LogP contribution in [0.15, 0.2) is 12.1 Å². The van der Waals surface area contributed by atoms with Crippen molar-refractivity contribution in [3.05, 3.63) is 17.7 Å². The van der Waals surface area contributed by atoms with Crippen LogP contribution in [0.25, 0.3) is 0 Å². The van der Waals surface area contributed by atoms with E-state index in [1.807, 2.05) is 0 Å². The van der Waals surface area contributed by atoms with Gasteiger partial charge in [0, 0.05) is 19.0 Å². The zero-order valence-corrected chi connectivity index (χ0v) is 10.8. The number of phenols is 1. The second kappa shape index (κ2) is 6.73. The summed E-state index contributed by atoms with van der Waals surface area (Å²) in [6.45, 7) is 0.981. The first-order valence-electron chi connectivity index (χ1n) is 5.73. The number of rotatable bonds is 2. The average Bonchev–Trinajstić information content (AvgIpc) is 2.38. The lowest BCUT2D eigenvalue weighted by molar-refractivity contribution is -0.134. The maximum atomic E-state index is 11.1. The molecule has 0 aromatic heterocycles. The molecule has 6 N–H and O–H groups in total. The maximum absolute atomic E-state index is 11.1. The minimum absolute atomic E-state index is 0.0362. The molecule has 0 saturated carbocycles. The number of anilines is 1. The summed E-state index contributed by atoms with van der Waals surface area (Å²) in [5.74, 6) is -1.00. The van der Waals surface area contributed by atoms with Crippen LogP contribution in [0.4, 0.5) is 5.69 Å². The van der Waals surface area contributed by atoms with Crippen molar-refractivity contribution in [2.24, 2.45) is 5.73 Å². The Hall–Kier alpha value is -2.32. The van der Waals surface area contributed by atoms with E-state index in [1.165, 1.54) is 12.1 Å². The second-order valence-electron chi connectivity index (χ2n) is 3.99. The summed E-state index contributed by atoms with van der Waals surface area (Å²) in [6, 6.07) is 2.89. The van der Waals surface area contributed by atoms with E-state index < -0.39 is 12.1 Å². The van der Waals surface area contributed by atoms with Gasteiger partial charge in [-0.05, 0) is 12.1 Å². The molecule has 0 fully saturated rings. The van der Waals surface area contributed by atoms with Crippen molar-refractivity contribution in [3.63, 3.8) is 0 Å². The number of carboxylic acids is 1. The summed E-state index contributed by atoms with van der Waals surface area (Å²) in [6.07, 6.45) is -0.885. The highest BCUT2D eigenvalue weighted by molar-refractivity contribution is 5.97. The summed E-state index contributed by atoms with van der Waals surface area (Å²) < 4.78 is 5.18. The zero-order valence-electron chi connectivity index (χ0n) is 10.8. The van der Waals surface area contributed by atoms with Gasteiger partial charge in [0.1, 0.15) is 11.4 Å². The first-order chi connectivity index (χ1) is 9.36. The molecule has 2 rings (SSSR count). The predicted octanol–water partition coefficient (Wildman–Crippen LogP) is -0.194. The number of carbonyl (C=O) groups is 2. The van der Waals surface area contributed by atoms with Crippen molar-refractivity contribution in [1.29, 1.82) is 0 Å². The standard InChI is InChI=1S/C10H12N2O4.C2H4O2/c11-3-7(14)5-1-2-6(13)9-10(5)16-4-8(15)12-9;1-2(3)4/h1-2,7,13-14H,3-4,11H2,(H,12,15);1H3,(H,3,4)/t7-;/m1./s1. The molecule has 1 aliphatic rings. The molecular weight excluding hydrogens is 268 g/mol. The van der Waals surface area contributed by atoms with Gasteiger partial charge in [0.25, 0.3) is 11.9 Å². The Balaban J connectivity index is 0.000000444. The number of benzene rings is 1. The summed E-state index contributed by atoms with van der Waals surface area (Å²) in [5.41, 5.74) is 5.98. The van der Waals surface area contributed by atoms with Crippen LogP contribution in [-0.4, -0.2) is 40.3 Å². The van der Waals surface area contributed by atoms with Gasteiger partial charge in [-0.3, -0.25) is 9.59 Å². The molecule has 1 aliphatic heterocycles. The van der Waals surface area contributed by atoms with E-state index in [1.54, 1.807) is 0 Å². The molecule has 1 heterocycles. The minimum atomic E-state index is -0.885. The van der Waals surface area contributed by atoms with Crippen LogP contribution < -0.4 is 15.8 Å². The highest BCUT2D eigenvalue weighted by Crippen LogP contribution is 2.41. The van der Waals surface area contributed by atoms with Crippen molar-refractivity contribution in [3.8, 4) is 11.5 Å². The maximum Gasteiger partial charge on any atom is 0.300 e. The highest BCUT2D eigenvalue weighted by Gasteiger charge is 2.24. The fourth-order valence-electron chi connectivity index (χ4n) is 1.57. The number of amides is 1. The molecule has 0 unspecified atom stereocenters. The van der Waals surface area contributed by atoms with Crippen LogP contribution in [-0.2, 0) is 9.59 Å². The molecule has 110 valence electrons. The first-order valence-corrected chi connectivity index (χ1v) is 5.73. The Morgan fingerprint density at radius 3 is 2.70 bits per heavy atom. The topological polar surface area (TPSA) is 142 Å². The van der Waals surface area contributed by atoms with E-state index in [9.17, 15) is 15.0 Å². The van der Waals surface area contributed by atoms with Crippen molar-refractivity contribution in [2.75, 3.05) is 18.5 Å². The van der Waals surface area contributed by atoms with E-state index in [0.717, 1.165) is 6.92 Å². The molecule has 0 spiro atoms. The lowest BCUT2D eigenvalue weighted by Crippen LogP contribution is -2.27. The summed E-state index contributed by atoms with van der Waals surface area (Å²) in [7, 11) is 0. The lowest BCUT2D eigenvalue weighted by Gasteiger charge is -2.23. The van der Waals surface area contributed by atoms with Crippen LogP contribution >= 0.6 is 0 Å². The molecule has 20 heavy (non-hydrogen) atoms. The summed E-state index contributed by atoms with van der Waals surface area (Å²) in [4.78, 5) is 20.1. The molecule has 8 nitrogen and oxygen atoms in total. The number of aromatic hydroxyl groups is 1. The fourth-order valence-corrected chi connectivity index (χ4v) is 1.57. The van der Waals surface area contributed by atoms with Crippen LogP contribution in [0.1, 0.15) is 18.6 Å². The normalized spacial score (nSPS) is 14.1. The van der Waals surface area contributed by atoms with Crippen LogP contribution in [0.3, 0.4) is 0 Å². The third kappa shape index (κ3) is 3.84. The highest BCUT2D eigenvalue weighted by atomic mass is 16.5. The molecule has 0 radical (unpaired) electrons. The van der Waals surface area contributed by atoms with Crippen LogP contribution in [0, 0.1) is 0 Å². The second-order valence-corrected chi connectivity index (χ2v) is 3.99. The third-order valence-electron chi connectivity index (χ3n) is 2.36. The third-order valence-corrected chi connectivity index (χ3v) is 2.36. The van der Waals surface area contributed by atoms with Crippen molar-refractivity contribution in [2.45, 2.75) is 13.0 Å². The molecule has 1 atom stereocenters. The van der Waals surface area contributed by atoms with Gasteiger partial charge in [-0.25, -0.2) is 0 Å². The number of ether oxygens (including phenoxy) is 1. The van der Waals surface area contributed by atoms with E-state index in [-0.39, 0.29) is 36.2 Å². The molecule has 0 bridgehead atoms. The SMILES string of the molecule is CC(=O)O.NC[C@@H](O)c1ccc(O)c2c1OCC(=O)N2. The molecule has 0 saturated heterocycles. The quantitative estimate of drug-likeness (QED) is 0.473. The number of hydrogen-bond acceptors (Lipinski definition) is 6. The van der Waals surface area contributed by atoms with Gasteiger partial charge in [0.15, 0.2) is 12.4 Å². The predicted molar refractivity (Wildman–Crippen MR) is 69.6 cm³/mol. The van der Waals surface area contributed by atoms with Crippen molar-refractivity contribution >= 4 is 17.6 Å². The van der Waals surface area contributed by atoms with Gasteiger partial charge in [-0.1, -0.05) is 0 Å². The van der Waals surface area contributed by atoms with E-state index in [4.69, 9.17) is 20.4 Å². The number of aliphatic carboxylic acids is 1. The van der Waals surface area contributed by atoms with Gasteiger partial charge in [-0.2, -0.15) is 0 Å². The summed E-state index contributed by atoms with van der Waals surface area (Å²) >= 11 is 0. The summed E-state index contributed by atoms with van der Waals surface area (Å²) in [5, 5.41) is 29.1. The monoisotopic (exact) mass is 284 g/mol. The van der Waals surface area contributed by atoms with Crippen LogP contribution in [0.2, 0.25) is 0 Å². The van der Waals surface area contributed by atoms with Gasteiger partial charge in [0.2, 0.25) is 0 Å². The number of aliphatic hydroxyl groups excluding tert-OH is 1. The zero-order chi connectivity index (χ0) is 15.3. The minimum Gasteiger partial charge on any atom is -0.506 e. The number of nitrogens with two attached hydrogens (primary N) is 1. The number of aliphatic hydroxyl groups is 1. The molecule has 0 aliphatic carbocycles. The number of carbonyl (C=O) groups excluding carboxylic acids is 1. The largest absolute Gasteiger partial charge is 0.506 e. The Morgan fingerprint density at radius 1 is 1.55 bits per heavy atom. The molecule has 1 aromatic carbocycles. The Bertz CT molecular complexity index is 513. The fraction of sp³-hybridized carbons (Fsp3) is 0.333. The number of fused-ring (bicyclic) bond motifs is 1. The van der Waals surface area contributed by atoms with Gasteiger partial charge in [-0.15, -0.1) is 0 Å². The molecule has 1 amide bonds. The number of phenolic OH excluding ortho intramolecular Hbond substituents is 1. The van der Waals surface area contributed by atoms with Crippen molar-refractivity contribution < 1.29 is 29.6 Å². The lowest BCUT2D eigenvalue weighted by atomic mass is 10.1. The molecule has 1 aromatic rings. The van der Waals surface area contributed by atoms with E-state index >= 15 is 0 Å². The number of hydrogen-bond donors (Lipinski definition) is 5. The van der Waals surface area contributed by atoms with Gasteiger partial charge >= 0.3 is 0 Å². The van der Waals surface area contributed by atoms with Crippen LogP contribution in [0.5, 0.6) is 11.5 Å².